The monoisotopic (exact) mass is 312 g/mol. The van der Waals surface area contributed by atoms with Crippen LogP contribution in [0.2, 0.25) is 10.2 Å². The van der Waals surface area contributed by atoms with Gasteiger partial charge in [-0.15, -0.1) is 0 Å². The SMILES string of the molecule is CCCc1nc(Cl)c(C)c(Sc2cccc(Cl)c2)n1. The molecule has 5 heteroatoms. The smallest absolute Gasteiger partial charge is 0.136 e. The predicted octanol–water partition coefficient (Wildman–Crippen LogP) is 5.20. The van der Waals surface area contributed by atoms with Crippen LogP contribution in [0, 0.1) is 6.92 Å². The number of aromatic nitrogens is 2. The van der Waals surface area contributed by atoms with E-state index >= 15 is 0 Å². The van der Waals surface area contributed by atoms with E-state index in [1.54, 1.807) is 11.8 Å². The second-order valence-corrected chi connectivity index (χ2v) is 6.03. The van der Waals surface area contributed by atoms with Gasteiger partial charge in [0.15, 0.2) is 0 Å². The zero-order valence-electron chi connectivity index (χ0n) is 10.8. The first-order valence-electron chi connectivity index (χ1n) is 6.06. The van der Waals surface area contributed by atoms with Crippen LogP contribution in [0.25, 0.3) is 0 Å². The van der Waals surface area contributed by atoms with Gasteiger partial charge in [0, 0.05) is 21.9 Å². The summed E-state index contributed by atoms with van der Waals surface area (Å²) in [4.78, 5) is 9.92. The third-order valence-electron chi connectivity index (χ3n) is 2.57. The second kappa shape index (κ2) is 6.60. The average Bonchev–Trinajstić information content (AvgIpc) is 2.36. The summed E-state index contributed by atoms with van der Waals surface area (Å²) < 4.78 is 0. The molecule has 0 unspecified atom stereocenters. The lowest BCUT2D eigenvalue weighted by Crippen LogP contribution is -1.99. The molecule has 1 aromatic heterocycles. The zero-order valence-corrected chi connectivity index (χ0v) is 13.1. The van der Waals surface area contributed by atoms with E-state index in [4.69, 9.17) is 23.2 Å². The molecule has 2 rings (SSSR count). The topological polar surface area (TPSA) is 25.8 Å². The van der Waals surface area contributed by atoms with Crippen molar-refractivity contribution in [2.45, 2.75) is 36.6 Å². The van der Waals surface area contributed by atoms with Gasteiger partial charge >= 0.3 is 0 Å². The highest BCUT2D eigenvalue weighted by molar-refractivity contribution is 7.99. The minimum absolute atomic E-state index is 0.531. The molecule has 0 amide bonds. The van der Waals surface area contributed by atoms with Crippen LogP contribution in [0.3, 0.4) is 0 Å². The van der Waals surface area contributed by atoms with Crippen molar-refractivity contribution in [1.29, 1.82) is 0 Å². The summed E-state index contributed by atoms with van der Waals surface area (Å²) in [6.45, 7) is 4.03. The molecular weight excluding hydrogens is 299 g/mol. The molecule has 0 radical (unpaired) electrons. The highest BCUT2D eigenvalue weighted by Gasteiger charge is 2.10. The van der Waals surface area contributed by atoms with Crippen molar-refractivity contribution in [2.75, 3.05) is 0 Å². The zero-order chi connectivity index (χ0) is 13.8. The lowest BCUT2D eigenvalue weighted by atomic mass is 10.3. The van der Waals surface area contributed by atoms with Crippen LogP contribution in [-0.4, -0.2) is 9.97 Å². The number of nitrogens with zero attached hydrogens (tertiary/aromatic N) is 2. The molecule has 2 aromatic rings. The first-order valence-corrected chi connectivity index (χ1v) is 7.64. The number of rotatable bonds is 4. The van der Waals surface area contributed by atoms with Crippen LogP contribution in [0.15, 0.2) is 34.2 Å². The molecule has 1 heterocycles. The summed E-state index contributed by atoms with van der Waals surface area (Å²) in [7, 11) is 0. The van der Waals surface area contributed by atoms with Crippen LogP contribution in [-0.2, 0) is 6.42 Å². The molecule has 0 N–H and O–H groups in total. The largest absolute Gasteiger partial charge is 0.226 e. The highest BCUT2D eigenvalue weighted by atomic mass is 35.5. The van der Waals surface area contributed by atoms with Crippen molar-refractivity contribution in [3.63, 3.8) is 0 Å². The molecule has 0 saturated heterocycles. The van der Waals surface area contributed by atoms with E-state index in [9.17, 15) is 0 Å². The Labute approximate surface area is 127 Å². The molecule has 0 bridgehead atoms. The number of halogens is 2. The van der Waals surface area contributed by atoms with Gasteiger partial charge in [0.05, 0.1) is 0 Å². The molecule has 0 spiro atoms. The molecule has 0 saturated carbocycles. The first-order chi connectivity index (χ1) is 9.10. The van der Waals surface area contributed by atoms with Crippen LogP contribution in [0.1, 0.15) is 24.7 Å². The van der Waals surface area contributed by atoms with E-state index in [1.165, 1.54) is 0 Å². The van der Waals surface area contributed by atoms with Crippen molar-refractivity contribution in [3.8, 4) is 0 Å². The molecule has 1 aromatic carbocycles. The van der Waals surface area contributed by atoms with Crippen LogP contribution in [0.4, 0.5) is 0 Å². The van der Waals surface area contributed by atoms with Crippen molar-refractivity contribution < 1.29 is 0 Å². The highest BCUT2D eigenvalue weighted by Crippen LogP contribution is 2.32. The van der Waals surface area contributed by atoms with E-state index < -0.39 is 0 Å². The van der Waals surface area contributed by atoms with Crippen molar-refractivity contribution >= 4 is 35.0 Å². The Bertz CT molecular complexity index is 588. The number of hydrogen-bond acceptors (Lipinski definition) is 3. The van der Waals surface area contributed by atoms with Gasteiger partial charge in [0.2, 0.25) is 0 Å². The Kier molecular flexibility index (Phi) is 5.08. The molecule has 0 atom stereocenters. The average molecular weight is 313 g/mol. The lowest BCUT2D eigenvalue weighted by molar-refractivity contribution is 0.801. The number of benzene rings is 1. The normalized spacial score (nSPS) is 10.7. The Balaban J connectivity index is 2.33. The van der Waals surface area contributed by atoms with Gasteiger partial charge in [-0.3, -0.25) is 0 Å². The Hall–Kier alpha value is -0.770. The van der Waals surface area contributed by atoms with Gasteiger partial charge in [-0.2, -0.15) is 0 Å². The maximum atomic E-state index is 6.16. The third-order valence-corrected chi connectivity index (χ3v) is 4.26. The van der Waals surface area contributed by atoms with E-state index in [1.807, 2.05) is 31.2 Å². The van der Waals surface area contributed by atoms with Gasteiger partial charge in [-0.25, -0.2) is 9.97 Å². The van der Waals surface area contributed by atoms with Crippen molar-refractivity contribution in [2.24, 2.45) is 0 Å². The minimum atomic E-state index is 0.531. The van der Waals surface area contributed by atoms with E-state index in [0.717, 1.165) is 39.2 Å². The van der Waals surface area contributed by atoms with Crippen LogP contribution in [0.5, 0.6) is 0 Å². The van der Waals surface area contributed by atoms with Gasteiger partial charge in [0.1, 0.15) is 16.0 Å². The van der Waals surface area contributed by atoms with E-state index in [0.29, 0.717) is 5.15 Å². The van der Waals surface area contributed by atoms with Crippen LogP contribution >= 0.6 is 35.0 Å². The summed E-state index contributed by atoms with van der Waals surface area (Å²) >= 11 is 13.7. The molecule has 0 fully saturated rings. The summed E-state index contributed by atoms with van der Waals surface area (Å²) in [5.41, 5.74) is 0.909. The molecular formula is C14H14Cl2N2S. The Morgan fingerprint density at radius 3 is 2.68 bits per heavy atom. The Morgan fingerprint density at radius 1 is 1.21 bits per heavy atom. The number of aryl methyl sites for hydroxylation is 1. The molecule has 19 heavy (non-hydrogen) atoms. The summed E-state index contributed by atoms with van der Waals surface area (Å²) in [5.74, 6) is 0.794. The molecule has 0 aliphatic heterocycles. The standard InChI is InChI=1S/C14H14Cl2N2S/c1-3-5-12-17-13(16)9(2)14(18-12)19-11-7-4-6-10(15)8-11/h4,6-8H,3,5H2,1-2H3. The fourth-order valence-electron chi connectivity index (χ4n) is 1.59. The first kappa shape index (κ1) is 14.6. The molecule has 0 aliphatic carbocycles. The van der Waals surface area contributed by atoms with Gasteiger partial charge in [-0.05, 0) is 31.5 Å². The summed E-state index contributed by atoms with van der Waals surface area (Å²) in [6, 6.07) is 7.70. The summed E-state index contributed by atoms with van der Waals surface area (Å²) in [6.07, 6.45) is 1.84. The number of hydrogen-bond donors (Lipinski definition) is 0. The van der Waals surface area contributed by atoms with E-state index in [2.05, 4.69) is 16.9 Å². The quantitative estimate of drug-likeness (QED) is 0.726. The third kappa shape index (κ3) is 3.85. The molecule has 0 aliphatic rings. The van der Waals surface area contributed by atoms with Gasteiger partial charge in [0.25, 0.3) is 0 Å². The molecule has 100 valence electrons. The summed E-state index contributed by atoms with van der Waals surface area (Å²) in [5, 5.41) is 2.14. The van der Waals surface area contributed by atoms with Gasteiger partial charge < -0.3 is 0 Å². The second-order valence-electron chi connectivity index (χ2n) is 4.17. The van der Waals surface area contributed by atoms with Gasteiger partial charge in [-0.1, -0.05) is 48.0 Å². The fraction of sp³-hybridized carbons (Fsp3) is 0.286. The lowest BCUT2D eigenvalue weighted by Gasteiger charge is -2.08. The molecule has 2 nitrogen and oxygen atoms in total. The van der Waals surface area contributed by atoms with Crippen molar-refractivity contribution in [3.05, 3.63) is 45.8 Å². The minimum Gasteiger partial charge on any atom is -0.226 e. The maximum Gasteiger partial charge on any atom is 0.136 e. The fourth-order valence-corrected chi connectivity index (χ4v) is 3.04. The Morgan fingerprint density at radius 2 is 2.00 bits per heavy atom. The van der Waals surface area contributed by atoms with Crippen molar-refractivity contribution in [1.82, 2.24) is 9.97 Å². The maximum absolute atomic E-state index is 6.16. The van der Waals surface area contributed by atoms with E-state index in [-0.39, 0.29) is 0 Å². The van der Waals surface area contributed by atoms with Crippen LogP contribution < -0.4 is 0 Å². The predicted molar refractivity (Wildman–Crippen MR) is 81.3 cm³/mol.